The van der Waals surface area contributed by atoms with E-state index >= 15 is 0 Å². The minimum Gasteiger partial charge on any atom is -0.497 e. The van der Waals surface area contributed by atoms with Crippen LogP contribution in [-0.2, 0) is 20.9 Å². The molecule has 7 heteroatoms. The van der Waals surface area contributed by atoms with Gasteiger partial charge in [-0.25, -0.2) is 4.79 Å². The van der Waals surface area contributed by atoms with E-state index in [1.54, 1.807) is 32.4 Å². The van der Waals surface area contributed by atoms with Gasteiger partial charge in [-0.15, -0.1) is 0 Å². The van der Waals surface area contributed by atoms with Crippen LogP contribution in [0.2, 0.25) is 0 Å². The second-order valence-electron chi connectivity index (χ2n) is 4.92. The van der Waals surface area contributed by atoms with Gasteiger partial charge in [-0.2, -0.15) is 0 Å². The fraction of sp³-hybridized carbons (Fsp3) is 0.467. The zero-order valence-corrected chi connectivity index (χ0v) is 12.5. The Labute approximate surface area is 128 Å². The van der Waals surface area contributed by atoms with Crippen molar-refractivity contribution in [3.63, 3.8) is 0 Å². The predicted octanol–water partition coefficient (Wildman–Crippen LogP) is 0.952. The smallest absolute Gasteiger partial charge is 0.332 e. The molecule has 0 radical (unpaired) electrons. The van der Waals surface area contributed by atoms with Crippen LogP contribution in [0.5, 0.6) is 11.5 Å². The summed E-state index contributed by atoms with van der Waals surface area (Å²) in [6.07, 6.45) is -0.881. The maximum atomic E-state index is 12.0. The van der Waals surface area contributed by atoms with Gasteiger partial charge < -0.3 is 24.6 Å². The van der Waals surface area contributed by atoms with Gasteiger partial charge in [-0.3, -0.25) is 4.79 Å². The van der Waals surface area contributed by atoms with E-state index in [-0.39, 0.29) is 12.5 Å². The van der Waals surface area contributed by atoms with Gasteiger partial charge in [0, 0.05) is 12.1 Å². The number of carbonyl (C=O) groups is 2. The standard InChI is InChI=1S/C15H19NO6/c1-20-10-3-4-11(21-2)9(7-10)8-16-14(17)12-5-6-13(22-12)15(18)19/h3-4,7,12-13H,5-6,8H2,1-2H3,(H,16,17)(H,18,19)/t12-,13+/m0/s1. The van der Waals surface area contributed by atoms with Gasteiger partial charge >= 0.3 is 5.97 Å². The number of nitrogens with one attached hydrogen (secondary N) is 1. The Bertz CT molecular complexity index is 559. The fourth-order valence-electron chi connectivity index (χ4n) is 2.33. The summed E-state index contributed by atoms with van der Waals surface area (Å²) in [5, 5.41) is 11.6. The van der Waals surface area contributed by atoms with Crippen LogP contribution >= 0.6 is 0 Å². The Morgan fingerprint density at radius 2 is 2.00 bits per heavy atom. The molecule has 22 heavy (non-hydrogen) atoms. The average molecular weight is 309 g/mol. The molecule has 120 valence electrons. The molecule has 1 aliphatic rings. The van der Waals surface area contributed by atoms with Gasteiger partial charge in [-0.05, 0) is 31.0 Å². The first-order chi connectivity index (χ1) is 10.5. The number of carboxylic acid groups (broad SMARTS) is 1. The first-order valence-corrected chi connectivity index (χ1v) is 6.92. The van der Waals surface area contributed by atoms with E-state index in [1.807, 2.05) is 0 Å². The maximum Gasteiger partial charge on any atom is 0.332 e. The first kappa shape index (κ1) is 16.1. The number of benzene rings is 1. The van der Waals surface area contributed by atoms with E-state index < -0.39 is 18.2 Å². The van der Waals surface area contributed by atoms with Crippen LogP contribution in [0.1, 0.15) is 18.4 Å². The van der Waals surface area contributed by atoms with Gasteiger partial charge in [0.1, 0.15) is 17.6 Å². The Hall–Kier alpha value is -2.28. The Kier molecular flexibility index (Phi) is 5.21. The highest BCUT2D eigenvalue weighted by molar-refractivity contribution is 5.82. The van der Waals surface area contributed by atoms with Crippen molar-refractivity contribution in [3.05, 3.63) is 23.8 Å². The lowest BCUT2D eigenvalue weighted by molar-refractivity contribution is -0.151. The summed E-state index contributed by atoms with van der Waals surface area (Å²) < 4.78 is 15.6. The molecule has 2 N–H and O–H groups in total. The lowest BCUT2D eigenvalue weighted by atomic mass is 10.1. The zero-order chi connectivity index (χ0) is 16.1. The first-order valence-electron chi connectivity index (χ1n) is 6.92. The summed E-state index contributed by atoms with van der Waals surface area (Å²) in [7, 11) is 3.10. The molecule has 0 aliphatic carbocycles. The molecule has 0 saturated carbocycles. The summed E-state index contributed by atoms with van der Waals surface area (Å²) in [6.45, 7) is 0.247. The summed E-state index contributed by atoms with van der Waals surface area (Å²) >= 11 is 0. The van der Waals surface area contributed by atoms with E-state index in [0.717, 1.165) is 5.56 Å². The molecule has 0 spiro atoms. The number of hydrogen-bond acceptors (Lipinski definition) is 5. The fourth-order valence-corrected chi connectivity index (χ4v) is 2.33. The van der Waals surface area contributed by atoms with Gasteiger partial charge in [0.25, 0.3) is 0 Å². The number of rotatable bonds is 6. The Morgan fingerprint density at radius 1 is 1.27 bits per heavy atom. The molecule has 0 aromatic heterocycles. The average Bonchev–Trinajstić information content (AvgIpc) is 3.02. The molecule has 0 unspecified atom stereocenters. The molecule has 1 aromatic carbocycles. The maximum absolute atomic E-state index is 12.0. The number of carboxylic acids is 1. The van der Waals surface area contributed by atoms with E-state index in [1.165, 1.54) is 0 Å². The van der Waals surface area contributed by atoms with Gasteiger partial charge in [-0.1, -0.05) is 0 Å². The Morgan fingerprint density at radius 3 is 2.59 bits per heavy atom. The van der Waals surface area contributed by atoms with Crippen LogP contribution in [0.4, 0.5) is 0 Å². The molecule has 1 saturated heterocycles. The number of methoxy groups -OCH3 is 2. The normalized spacial score (nSPS) is 20.5. The van der Waals surface area contributed by atoms with Crippen molar-refractivity contribution >= 4 is 11.9 Å². The van der Waals surface area contributed by atoms with Crippen molar-refractivity contribution in [1.82, 2.24) is 5.32 Å². The zero-order valence-electron chi connectivity index (χ0n) is 12.5. The molecule has 0 bridgehead atoms. The Balaban J connectivity index is 1.95. The predicted molar refractivity (Wildman–Crippen MR) is 76.9 cm³/mol. The lowest BCUT2D eigenvalue weighted by Gasteiger charge is -2.14. The summed E-state index contributed by atoms with van der Waals surface area (Å²) in [4.78, 5) is 22.9. The van der Waals surface area contributed by atoms with Crippen LogP contribution in [0.15, 0.2) is 18.2 Å². The molecule has 7 nitrogen and oxygen atoms in total. The van der Waals surface area contributed by atoms with E-state index in [9.17, 15) is 9.59 Å². The highest BCUT2D eigenvalue weighted by Gasteiger charge is 2.34. The van der Waals surface area contributed by atoms with Crippen molar-refractivity contribution in [1.29, 1.82) is 0 Å². The molecule has 1 amide bonds. The SMILES string of the molecule is COc1ccc(OC)c(CNC(=O)[C@@H]2CC[C@H](C(=O)O)O2)c1. The van der Waals surface area contributed by atoms with Crippen molar-refractivity contribution in [2.24, 2.45) is 0 Å². The van der Waals surface area contributed by atoms with E-state index in [4.69, 9.17) is 19.3 Å². The molecule has 2 atom stereocenters. The van der Waals surface area contributed by atoms with Crippen LogP contribution in [0.3, 0.4) is 0 Å². The number of ether oxygens (including phenoxy) is 3. The van der Waals surface area contributed by atoms with Crippen molar-refractivity contribution < 1.29 is 28.9 Å². The van der Waals surface area contributed by atoms with Crippen molar-refractivity contribution in [2.45, 2.75) is 31.6 Å². The summed E-state index contributed by atoms with van der Waals surface area (Å²) in [6, 6.07) is 5.29. The van der Waals surface area contributed by atoms with Crippen LogP contribution in [0, 0.1) is 0 Å². The monoisotopic (exact) mass is 309 g/mol. The molecule has 1 aliphatic heterocycles. The van der Waals surface area contributed by atoms with E-state index in [2.05, 4.69) is 5.32 Å². The molecular weight excluding hydrogens is 290 g/mol. The quantitative estimate of drug-likeness (QED) is 0.812. The molecule has 1 aromatic rings. The molecule has 1 heterocycles. The van der Waals surface area contributed by atoms with Crippen LogP contribution < -0.4 is 14.8 Å². The number of amides is 1. The minimum absolute atomic E-state index is 0.247. The minimum atomic E-state index is -1.04. The number of hydrogen-bond donors (Lipinski definition) is 2. The lowest BCUT2D eigenvalue weighted by Crippen LogP contribution is -2.35. The summed E-state index contributed by atoms with van der Waals surface area (Å²) in [5.41, 5.74) is 0.767. The highest BCUT2D eigenvalue weighted by atomic mass is 16.5. The molecular formula is C15H19NO6. The van der Waals surface area contributed by atoms with Gasteiger partial charge in [0.15, 0.2) is 6.10 Å². The second kappa shape index (κ2) is 7.13. The van der Waals surface area contributed by atoms with Crippen molar-refractivity contribution in [3.8, 4) is 11.5 Å². The molecule has 2 rings (SSSR count). The van der Waals surface area contributed by atoms with Gasteiger partial charge in [0.2, 0.25) is 5.91 Å². The molecule has 1 fully saturated rings. The topological polar surface area (TPSA) is 94.1 Å². The van der Waals surface area contributed by atoms with Crippen LogP contribution in [-0.4, -0.2) is 43.4 Å². The van der Waals surface area contributed by atoms with E-state index in [0.29, 0.717) is 24.3 Å². The number of carbonyl (C=O) groups excluding carboxylic acids is 1. The third-order valence-electron chi connectivity index (χ3n) is 3.53. The highest BCUT2D eigenvalue weighted by Crippen LogP contribution is 2.24. The van der Waals surface area contributed by atoms with Crippen LogP contribution in [0.25, 0.3) is 0 Å². The third kappa shape index (κ3) is 3.67. The van der Waals surface area contributed by atoms with Crippen molar-refractivity contribution in [2.75, 3.05) is 14.2 Å². The third-order valence-corrected chi connectivity index (χ3v) is 3.53. The second-order valence-corrected chi connectivity index (χ2v) is 4.92. The summed E-state index contributed by atoms with van der Waals surface area (Å²) in [5.74, 6) is -0.0663. The number of aliphatic carboxylic acids is 1. The largest absolute Gasteiger partial charge is 0.497 e. The van der Waals surface area contributed by atoms with Gasteiger partial charge in [0.05, 0.1) is 14.2 Å².